The quantitative estimate of drug-likeness (QED) is 0.452. The molecule has 0 radical (unpaired) electrons. The Hall–Kier alpha value is -0.640. The van der Waals surface area contributed by atoms with Gasteiger partial charge in [-0.1, -0.05) is 42.3 Å². The molecule has 0 saturated carbocycles. The van der Waals surface area contributed by atoms with Gasteiger partial charge in [-0.15, -0.1) is 11.8 Å². The maximum absolute atomic E-state index is 11.4. The van der Waals surface area contributed by atoms with Crippen molar-refractivity contribution in [3.63, 3.8) is 0 Å². The van der Waals surface area contributed by atoms with Crippen molar-refractivity contribution in [1.82, 2.24) is 0 Å². The van der Waals surface area contributed by atoms with Crippen LogP contribution in [0.4, 0.5) is 0 Å². The average Bonchev–Trinajstić information content (AvgIpc) is 2.37. The second kappa shape index (κ2) is 7.72. The first-order valence-electron chi connectivity index (χ1n) is 5.44. The van der Waals surface area contributed by atoms with Crippen molar-refractivity contribution < 1.29 is 9.53 Å². The van der Waals surface area contributed by atoms with Gasteiger partial charge in [-0.2, -0.15) is 0 Å². The van der Waals surface area contributed by atoms with Gasteiger partial charge in [0, 0.05) is 16.2 Å². The third-order valence-electron chi connectivity index (χ3n) is 2.30. The summed E-state index contributed by atoms with van der Waals surface area (Å²) in [7, 11) is 1.38. The van der Waals surface area contributed by atoms with Gasteiger partial charge in [-0.3, -0.25) is 0 Å². The van der Waals surface area contributed by atoms with Gasteiger partial charge in [-0.05, 0) is 18.6 Å². The largest absolute Gasteiger partial charge is 0.466 e. The summed E-state index contributed by atoms with van der Waals surface area (Å²) < 4.78 is 4.68. The summed E-state index contributed by atoms with van der Waals surface area (Å²) in [5.41, 5.74) is 0.660. The monoisotopic (exact) mass is 304 g/mol. The van der Waals surface area contributed by atoms with E-state index in [2.05, 4.69) is 4.74 Å². The molecule has 2 nitrogen and oxygen atoms in total. The Morgan fingerprint density at radius 2 is 2.00 bits per heavy atom. The van der Waals surface area contributed by atoms with Crippen LogP contribution in [0.15, 0.2) is 34.7 Å². The molecule has 98 valence electrons. The molecule has 18 heavy (non-hydrogen) atoms. The van der Waals surface area contributed by atoms with Gasteiger partial charge in [-0.25, -0.2) is 4.79 Å². The molecule has 0 saturated heterocycles. The number of halogens is 2. The second-order valence-electron chi connectivity index (χ2n) is 3.44. The molecule has 1 rings (SSSR count). The summed E-state index contributed by atoms with van der Waals surface area (Å²) in [6, 6.07) is 5.39. The lowest BCUT2D eigenvalue weighted by Crippen LogP contribution is -2.04. The minimum Gasteiger partial charge on any atom is -0.466 e. The fraction of sp³-hybridized carbons (Fsp3) is 0.308. The zero-order valence-corrected chi connectivity index (χ0v) is 12.5. The molecule has 0 unspecified atom stereocenters. The third-order valence-corrected chi connectivity index (χ3v) is 4.22. The number of thioether (sulfide) groups is 1. The first kappa shape index (κ1) is 15.4. The van der Waals surface area contributed by atoms with Crippen LogP contribution in [0.2, 0.25) is 10.0 Å². The molecule has 0 N–H and O–H groups in total. The Morgan fingerprint density at radius 1 is 1.39 bits per heavy atom. The van der Waals surface area contributed by atoms with E-state index in [1.54, 1.807) is 18.2 Å². The molecular formula is C13H14Cl2O2S. The molecule has 0 atom stereocenters. The van der Waals surface area contributed by atoms with Crippen molar-refractivity contribution in [3.05, 3.63) is 39.9 Å². The van der Waals surface area contributed by atoms with Gasteiger partial charge in [0.15, 0.2) is 0 Å². The predicted molar refractivity (Wildman–Crippen MR) is 77.6 cm³/mol. The zero-order valence-electron chi connectivity index (χ0n) is 10.2. The molecular weight excluding hydrogens is 291 g/mol. The number of rotatable bonds is 5. The van der Waals surface area contributed by atoms with Crippen molar-refractivity contribution in [2.75, 3.05) is 12.9 Å². The maximum atomic E-state index is 11.4. The van der Waals surface area contributed by atoms with E-state index in [4.69, 9.17) is 23.2 Å². The molecule has 0 heterocycles. The predicted octanol–water partition coefficient (Wildman–Crippen LogP) is 4.59. The van der Waals surface area contributed by atoms with Gasteiger partial charge in [0.1, 0.15) is 0 Å². The lowest BCUT2D eigenvalue weighted by atomic mass is 10.2. The van der Waals surface area contributed by atoms with Gasteiger partial charge in [0.2, 0.25) is 0 Å². The van der Waals surface area contributed by atoms with Crippen molar-refractivity contribution in [3.8, 4) is 0 Å². The topological polar surface area (TPSA) is 26.3 Å². The van der Waals surface area contributed by atoms with Crippen LogP contribution in [-0.2, 0) is 9.53 Å². The average molecular weight is 305 g/mol. The zero-order chi connectivity index (χ0) is 13.5. The molecule has 0 aliphatic carbocycles. The van der Waals surface area contributed by atoms with E-state index in [-0.39, 0.29) is 5.97 Å². The molecule has 1 aromatic carbocycles. The van der Waals surface area contributed by atoms with Crippen LogP contribution in [0, 0.1) is 0 Å². The first-order chi connectivity index (χ1) is 8.60. The number of hydrogen-bond acceptors (Lipinski definition) is 3. The molecule has 0 spiro atoms. The third kappa shape index (κ3) is 4.23. The highest BCUT2D eigenvalue weighted by atomic mass is 35.5. The van der Waals surface area contributed by atoms with Gasteiger partial charge in [0.05, 0.1) is 17.2 Å². The molecule has 0 amide bonds. The van der Waals surface area contributed by atoms with Crippen LogP contribution < -0.4 is 0 Å². The molecule has 0 aliphatic rings. The van der Waals surface area contributed by atoms with E-state index in [9.17, 15) is 4.79 Å². The molecule has 0 aliphatic heterocycles. The molecule has 0 fully saturated rings. The standard InChI is InChI=1S/C13H14Cl2O2S/c1-3-9(13(16)17-2)7-8-18-12-10(14)5-4-6-11(12)15/h4-7H,3,8H2,1-2H3. The lowest BCUT2D eigenvalue weighted by molar-refractivity contribution is -0.136. The lowest BCUT2D eigenvalue weighted by Gasteiger charge is -2.05. The smallest absolute Gasteiger partial charge is 0.333 e. The fourth-order valence-corrected chi connectivity index (χ4v) is 2.94. The Kier molecular flexibility index (Phi) is 6.61. The van der Waals surface area contributed by atoms with Gasteiger partial charge >= 0.3 is 5.97 Å². The minimum absolute atomic E-state index is 0.289. The van der Waals surface area contributed by atoms with Crippen molar-refractivity contribution in [1.29, 1.82) is 0 Å². The maximum Gasteiger partial charge on any atom is 0.333 e. The number of hydrogen-bond donors (Lipinski definition) is 0. The van der Waals surface area contributed by atoms with Gasteiger partial charge < -0.3 is 4.74 Å². The highest BCUT2D eigenvalue weighted by Gasteiger charge is 2.08. The van der Waals surface area contributed by atoms with E-state index >= 15 is 0 Å². The van der Waals surface area contributed by atoms with Crippen molar-refractivity contribution in [2.45, 2.75) is 18.2 Å². The summed E-state index contributed by atoms with van der Waals surface area (Å²) in [5.74, 6) is 0.338. The van der Waals surface area contributed by atoms with Crippen LogP contribution in [0.3, 0.4) is 0 Å². The first-order valence-corrected chi connectivity index (χ1v) is 7.18. The molecule has 0 aromatic heterocycles. The number of ether oxygens (including phenoxy) is 1. The van der Waals surface area contributed by atoms with E-state index in [1.165, 1.54) is 18.9 Å². The summed E-state index contributed by atoms with van der Waals surface area (Å²) in [4.78, 5) is 12.2. The molecule has 1 aromatic rings. The van der Waals surface area contributed by atoms with E-state index < -0.39 is 0 Å². The Bertz CT molecular complexity index is 438. The normalized spacial score (nSPS) is 11.4. The highest BCUT2D eigenvalue weighted by Crippen LogP contribution is 2.33. The summed E-state index contributed by atoms with van der Waals surface area (Å²) in [6.45, 7) is 1.91. The van der Waals surface area contributed by atoms with Crippen LogP contribution in [0.1, 0.15) is 13.3 Å². The number of carbonyl (C=O) groups is 1. The van der Waals surface area contributed by atoms with E-state index in [0.717, 1.165) is 4.90 Å². The van der Waals surface area contributed by atoms with E-state index in [0.29, 0.717) is 27.8 Å². The van der Waals surface area contributed by atoms with E-state index in [1.807, 2.05) is 13.0 Å². The van der Waals surface area contributed by atoms with Crippen molar-refractivity contribution >= 4 is 40.9 Å². The number of carbonyl (C=O) groups excluding carboxylic acids is 1. The highest BCUT2D eigenvalue weighted by molar-refractivity contribution is 7.99. The van der Waals surface area contributed by atoms with Crippen molar-refractivity contribution in [2.24, 2.45) is 0 Å². The SMILES string of the molecule is CCC(=CCSc1c(Cl)cccc1Cl)C(=O)OC. The minimum atomic E-state index is -0.289. The van der Waals surface area contributed by atoms with Crippen LogP contribution in [-0.4, -0.2) is 18.8 Å². The van der Waals surface area contributed by atoms with Crippen LogP contribution in [0.25, 0.3) is 0 Å². The Morgan fingerprint density at radius 3 is 2.50 bits per heavy atom. The summed E-state index contributed by atoms with van der Waals surface area (Å²) in [6.07, 6.45) is 2.49. The number of methoxy groups -OCH3 is 1. The number of esters is 1. The molecule has 5 heteroatoms. The Labute approximate surface area is 121 Å². The van der Waals surface area contributed by atoms with Gasteiger partial charge in [0.25, 0.3) is 0 Å². The molecule has 0 bridgehead atoms. The summed E-state index contributed by atoms with van der Waals surface area (Å²) >= 11 is 13.6. The second-order valence-corrected chi connectivity index (χ2v) is 5.28. The van der Waals surface area contributed by atoms with Crippen LogP contribution >= 0.6 is 35.0 Å². The Balaban J connectivity index is 2.71. The fourth-order valence-electron chi connectivity index (χ4n) is 1.35. The summed E-state index contributed by atoms with van der Waals surface area (Å²) in [5, 5.41) is 1.24. The van der Waals surface area contributed by atoms with Crippen LogP contribution in [0.5, 0.6) is 0 Å². The number of benzene rings is 1.